The lowest BCUT2D eigenvalue weighted by Gasteiger charge is -2.39. The van der Waals surface area contributed by atoms with Crippen LogP contribution in [0.5, 0.6) is 0 Å². The zero-order valence-electron chi connectivity index (χ0n) is 16.6. The van der Waals surface area contributed by atoms with E-state index in [9.17, 15) is 19.2 Å². The van der Waals surface area contributed by atoms with Gasteiger partial charge in [-0.2, -0.15) is 0 Å². The van der Waals surface area contributed by atoms with Gasteiger partial charge in [-0.1, -0.05) is 30.3 Å². The summed E-state index contributed by atoms with van der Waals surface area (Å²) in [4.78, 5) is 49.8. The standard InChI is InChI=1S/C20H26N2O7/c1-3-28-17(24)13-16(23)21-20(18(25)27-2)9-11-22(12-10-20)19(26)29-14-15-7-5-4-6-8-15/h4-8H,3,9-14H2,1-2H3,(H,21,23). The molecule has 29 heavy (non-hydrogen) atoms. The third kappa shape index (κ3) is 6.20. The van der Waals surface area contributed by atoms with Crippen LogP contribution >= 0.6 is 0 Å². The molecule has 1 aromatic rings. The van der Waals surface area contributed by atoms with E-state index in [1.54, 1.807) is 6.92 Å². The summed E-state index contributed by atoms with van der Waals surface area (Å²) in [6, 6.07) is 9.29. The van der Waals surface area contributed by atoms with Crippen molar-refractivity contribution in [1.82, 2.24) is 10.2 Å². The Morgan fingerprint density at radius 1 is 1.07 bits per heavy atom. The monoisotopic (exact) mass is 406 g/mol. The van der Waals surface area contributed by atoms with Crippen molar-refractivity contribution in [1.29, 1.82) is 0 Å². The Bertz CT molecular complexity index is 728. The van der Waals surface area contributed by atoms with E-state index in [1.807, 2.05) is 30.3 Å². The molecule has 0 aromatic heterocycles. The lowest BCUT2D eigenvalue weighted by molar-refractivity contribution is -0.155. The molecule has 1 aliphatic rings. The summed E-state index contributed by atoms with van der Waals surface area (Å²) in [5.74, 6) is -1.92. The Hall–Kier alpha value is -3.10. The number of benzene rings is 1. The molecule has 1 N–H and O–H groups in total. The van der Waals surface area contributed by atoms with Gasteiger partial charge in [-0.25, -0.2) is 9.59 Å². The normalized spacial score (nSPS) is 15.2. The predicted molar refractivity (Wildman–Crippen MR) is 102 cm³/mol. The van der Waals surface area contributed by atoms with Crippen molar-refractivity contribution in [2.75, 3.05) is 26.8 Å². The Morgan fingerprint density at radius 3 is 2.31 bits per heavy atom. The van der Waals surface area contributed by atoms with Crippen molar-refractivity contribution in [3.05, 3.63) is 35.9 Å². The van der Waals surface area contributed by atoms with Gasteiger partial charge in [-0.05, 0) is 25.3 Å². The van der Waals surface area contributed by atoms with E-state index in [1.165, 1.54) is 12.0 Å². The molecular formula is C20H26N2O7. The average Bonchev–Trinajstić information content (AvgIpc) is 2.72. The second-order valence-electron chi connectivity index (χ2n) is 6.63. The summed E-state index contributed by atoms with van der Waals surface area (Å²) in [6.45, 7) is 2.34. The summed E-state index contributed by atoms with van der Waals surface area (Å²) in [7, 11) is 1.22. The van der Waals surface area contributed by atoms with Crippen LogP contribution in [0, 0.1) is 0 Å². The SMILES string of the molecule is CCOC(=O)CC(=O)NC1(C(=O)OC)CCN(C(=O)OCc2ccccc2)CC1. The molecule has 0 aliphatic carbocycles. The fourth-order valence-corrected chi connectivity index (χ4v) is 3.11. The number of esters is 2. The molecule has 2 rings (SSSR count). The average molecular weight is 406 g/mol. The molecular weight excluding hydrogens is 380 g/mol. The molecule has 1 fully saturated rings. The maximum Gasteiger partial charge on any atom is 0.410 e. The van der Waals surface area contributed by atoms with Crippen LogP contribution in [0.2, 0.25) is 0 Å². The van der Waals surface area contributed by atoms with Crippen molar-refractivity contribution in [2.45, 2.75) is 38.3 Å². The fourth-order valence-electron chi connectivity index (χ4n) is 3.11. The molecule has 0 bridgehead atoms. The Labute approximate surface area is 169 Å². The molecule has 0 saturated carbocycles. The minimum atomic E-state index is -1.30. The number of nitrogens with one attached hydrogen (secondary N) is 1. The van der Waals surface area contributed by atoms with Crippen molar-refractivity contribution in [3.63, 3.8) is 0 Å². The fraction of sp³-hybridized carbons (Fsp3) is 0.500. The Morgan fingerprint density at radius 2 is 1.72 bits per heavy atom. The number of ether oxygens (including phenoxy) is 3. The topological polar surface area (TPSA) is 111 Å². The molecule has 1 aromatic carbocycles. The van der Waals surface area contributed by atoms with Crippen LogP contribution < -0.4 is 5.32 Å². The van der Waals surface area contributed by atoms with E-state index in [-0.39, 0.29) is 39.1 Å². The van der Waals surface area contributed by atoms with Crippen LogP contribution in [-0.2, 0) is 35.2 Å². The van der Waals surface area contributed by atoms with Gasteiger partial charge in [-0.3, -0.25) is 9.59 Å². The van der Waals surface area contributed by atoms with Crippen molar-refractivity contribution >= 4 is 23.9 Å². The molecule has 0 radical (unpaired) electrons. The van der Waals surface area contributed by atoms with Gasteiger partial charge < -0.3 is 24.4 Å². The minimum absolute atomic E-state index is 0.147. The van der Waals surface area contributed by atoms with E-state index < -0.39 is 35.9 Å². The van der Waals surface area contributed by atoms with Crippen LogP contribution in [0.3, 0.4) is 0 Å². The molecule has 9 nitrogen and oxygen atoms in total. The lowest BCUT2D eigenvalue weighted by Crippen LogP contribution is -2.61. The number of carbonyl (C=O) groups is 4. The number of carbonyl (C=O) groups excluding carboxylic acids is 4. The van der Waals surface area contributed by atoms with Crippen LogP contribution in [0.15, 0.2) is 30.3 Å². The highest BCUT2D eigenvalue weighted by atomic mass is 16.6. The highest BCUT2D eigenvalue weighted by Crippen LogP contribution is 2.25. The number of methoxy groups -OCH3 is 1. The number of nitrogens with zero attached hydrogens (tertiary/aromatic N) is 1. The quantitative estimate of drug-likeness (QED) is 0.414. The zero-order chi connectivity index (χ0) is 21.3. The second-order valence-corrected chi connectivity index (χ2v) is 6.63. The molecule has 9 heteroatoms. The summed E-state index contributed by atoms with van der Waals surface area (Å²) in [6.07, 6.45) is -0.691. The third-order valence-corrected chi connectivity index (χ3v) is 4.65. The molecule has 2 amide bonds. The van der Waals surface area contributed by atoms with Crippen LogP contribution in [-0.4, -0.2) is 61.2 Å². The molecule has 1 aliphatic heterocycles. The number of hydrogen-bond donors (Lipinski definition) is 1. The molecule has 1 saturated heterocycles. The Kier molecular flexibility index (Phi) is 7.99. The Balaban J connectivity index is 1.92. The summed E-state index contributed by atoms with van der Waals surface area (Å²) in [5.41, 5.74) is -0.429. The van der Waals surface area contributed by atoms with Crippen LogP contribution in [0.1, 0.15) is 31.7 Å². The predicted octanol–water partition coefficient (Wildman–Crippen LogP) is 1.40. The molecule has 0 atom stereocenters. The van der Waals surface area contributed by atoms with Gasteiger partial charge in [0.2, 0.25) is 5.91 Å². The highest BCUT2D eigenvalue weighted by Gasteiger charge is 2.45. The number of hydrogen-bond acceptors (Lipinski definition) is 7. The smallest absolute Gasteiger partial charge is 0.410 e. The number of rotatable bonds is 7. The molecule has 0 unspecified atom stereocenters. The first-order valence-corrected chi connectivity index (χ1v) is 9.41. The van der Waals surface area contributed by atoms with Crippen LogP contribution in [0.25, 0.3) is 0 Å². The van der Waals surface area contributed by atoms with Crippen molar-refractivity contribution in [3.8, 4) is 0 Å². The summed E-state index contributed by atoms with van der Waals surface area (Å²) < 4.78 is 14.9. The zero-order valence-corrected chi connectivity index (χ0v) is 16.6. The molecule has 0 spiro atoms. The number of piperidine rings is 1. The molecule has 1 heterocycles. The van der Waals surface area contributed by atoms with E-state index in [0.717, 1.165) is 5.56 Å². The van der Waals surface area contributed by atoms with Crippen molar-refractivity contribution < 1.29 is 33.4 Å². The summed E-state index contributed by atoms with van der Waals surface area (Å²) in [5, 5.41) is 2.60. The first-order chi connectivity index (χ1) is 13.9. The first-order valence-electron chi connectivity index (χ1n) is 9.41. The van der Waals surface area contributed by atoms with Gasteiger partial charge in [0, 0.05) is 13.1 Å². The lowest BCUT2D eigenvalue weighted by atomic mass is 9.87. The van der Waals surface area contributed by atoms with E-state index in [2.05, 4.69) is 5.32 Å². The molecule has 158 valence electrons. The minimum Gasteiger partial charge on any atom is -0.467 e. The number of likely N-dealkylation sites (tertiary alicyclic amines) is 1. The van der Waals surface area contributed by atoms with Gasteiger partial charge in [0.25, 0.3) is 0 Å². The van der Waals surface area contributed by atoms with Gasteiger partial charge in [-0.15, -0.1) is 0 Å². The van der Waals surface area contributed by atoms with Crippen LogP contribution in [0.4, 0.5) is 4.79 Å². The first kappa shape index (κ1) is 22.2. The maximum absolute atomic E-state index is 12.3. The third-order valence-electron chi connectivity index (χ3n) is 4.65. The largest absolute Gasteiger partial charge is 0.467 e. The highest BCUT2D eigenvalue weighted by molar-refractivity contribution is 5.97. The maximum atomic E-state index is 12.3. The van der Waals surface area contributed by atoms with Gasteiger partial charge >= 0.3 is 18.0 Å². The van der Waals surface area contributed by atoms with Gasteiger partial charge in [0.1, 0.15) is 18.6 Å². The number of amides is 2. The second kappa shape index (κ2) is 10.4. The van der Waals surface area contributed by atoms with Gasteiger partial charge in [0.15, 0.2) is 0 Å². The van der Waals surface area contributed by atoms with Gasteiger partial charge in [0.05, 0.1) is 13.7 Å². The van der Waals surface area contributed by atoms with E-state index >= 15 is 0 Å². The van der Waals surface area contributed by atoms with E-state index in [4.69, 9.17) is 14.2 Å². The summed E-state index contributed by atoms with van der Waals surface area (Å²) >= 11 is 0. The van der Waals surface area contributed by atoms with E-state index in [0.29, 0.717) is 0 Å². The van der Waals surface area contributed by atoms with Crippen molar-refractivity contribution in [2.24, 2.45) is 0 Å².